The topological polar surface area (TPSA) is 90.4 Å². The molecule has 1 amide bonds. The Balaban J connectivity index is 1.96. The number of amides is 1. The van der Waals surface area contributed by atoms with E-state index in [4.69, 9.17) is 4.74 Å². The van der Waals surface area contributed by atoms with E-state index in [0.29, 0.717) is 21.6 Å². The van der Waals surface area contributed by atoms with Crippen molar-refractivity contribution in [3.05, 3.63) is 29.3 Å². The number of esters is 1. The van der Waals surface area contributed by atoms with Gasteiger partial charge in [-0.05, 0) is 31.9 Å². The predicted octanol–water partition coefficient (Wildman–Crippen LogP) is 3.22. The lowest BCUT2D eigenvalue weighted by Gasteiger charge is -2.18. The first-order valence-corrected chi connectivity index (χ1v) is 9.81. The molecule has 0 spiro atoms. The predicted molar refractivity (Wildman–Crippen MR) is 102 cm³/mol. The molecule has 1 aromatic heterocycles. The van der Waals surface area contributed by atoms with Crippen molar-refractivity contribution in [1.82, 2.24) is 10.2 Å². The fourth-order valence-corrected chi connectivity index (χ4v) is 3.68. The minimum atomic E-state index is -0.633. The zero-order valence-electron chi connectivity index (χ0n) is 15.1. The molecule has 1 unspecified atom stereocenters. The van der Waals surface area contributed by atoms with Crippen molar-refractivity contribution < 1.29 is 19.1 Å². The molecule has 0 saturated carbocycles. The minimum absolute atomic E-state index is 0.145. The number of hydrogen-bond donors (Lipinski definition) is 1. The molecule has 9 heteroatoms. The van der Waals surface area contributed by atoms with Crippen LogP contribution in [0.4, 0.5) is 5.13 Å². The highest BCUT2D eigenvalue weighted by atomic mass is 32.2. The summed E-state index contributed by atoms with van der Waals surface area (Å²) in [6, 6.07) is 5.82. The Kier molecular flexibility index (Phi) is 7.40. The Morgan fingerprint density at radius 1 is 1.31 bits per heavy atom. The molecular formula is C17H21N3O4S2. The van der Waals surface area contributed by atoms with Gasteiger partial charge in [0.1, 0.15) is 5.75 Å². The number of aryl methyl sites for hydroxylation is 2. The van der Waals surface area contributed by atoms with Crippen molar-refractivity contribution in [1.29, 1.82) is 0 Å². The summed E-state index contributed by atoms with van der Waals surface area (Å²) in [7, 11) is 1.33. The van der Waals surface area contributed by atoms with Crippen LogP contribution in [-0.4, -0.2) is 41.0 Å². The molecule has 0 aliphatic rings. The van der Waals surface area contributed by atoms with Gasteiger partial charge < -0.3 is 9.47 Å². The third-order valence-corrected chi connectivity index (χ3v) is 5.39. The molecular weight excluding hydrogens is 374 g/mol. The molecule has 0 aliphatic carbocycles. The summed E-state index contributed by atoms with van der Waals surface area (Å²) >= 11 is 2.41. The molecule has 0 saturated heterocycles. The van der Waals surface area contributed by atoms with Gasteiger partial charge in [0.2, 0.25) is 5.13 Å². The highest BCUT2D eigenvalue weighted by Gasteiger charge is 2.21. The van der Waals surface area contributed by atoms with E-state index >= 15 is 0 Å². The van der Waals surface area contributed by atoms with Crippen LogP contribution in [0.3, 0.4) is 0 Å². The zero-order valence-corrected chi connectivity index (χ0v) is 16.7. The van der Waals surface area contributed by atoms with E-state index in [2.05, 4.69) is 20.3 Å². The van der Waals surface area contributed by atoms with Gasteiger partial charge in [0.15, 0.2) is 10.4 Å². The van der Waals surface area contributed by atoms with E-state index in [1.807, 2.05) is 39.0 Å². The Labute approximate surface area is 160 Å². The van der Waals surface area contributed by atoms with Gasteiger partial charge in [-0.2, -0.15) is 0 Å². The molecule has 0 radical (unpaired) electrons. The van der Waals surface area contributed by atoms with Gasteiger partial charge in [0.25, 0.3) is 5.91 Å². The number of methoxy groups -OCH3 is 1. The summed E-state index contributed by atoms with van der Waals surface area (Å²) in [6.07, 6.45) is -0.117. The number of ether oxygens (including phenoxy) is 2. The van der Waals surface area contributed by atoms with E-state index in [9.17, 15) is 9.59 Å². The number of nitrogens with zero attached hydrogens (tertiary/aromatic N) is 2. The number of aromatic nitrogens is 2. The van der Waals surface area contributed by atoms with Crippen LogP contribution in [-0.2, 0) is 14.3 Å². The lowest BCUT2D eigenvalue weighted by atomic mass is 10.1. The van der Waals surface area contributed by atoms with Gasteiger partial charge in [0, 0.05) is 0 Å². The SMILES string of the molecule is CCC(Oc1ccc(C)cc1C)C(=O)Nc1nnc(SCC(=O)OC)s1. The second-order valence-electron chi connectivity index (χ2n) is 5.51. The molecule has 0 aliphatic heterocycles. The number of thioether (sulfide) groups is 1. The number of rotatable bonds is 8. The smallest absolute Gasteiger partial charge is 0.316 e. The van der Waals surface area contributed by atoms with Gasteiger partial charge in [-0.25, -0.2) is 0 Å². The number of nitrogens with one attached hydrogen (secondary N) is 1. The van der Waals surface area contributed by atoms with E-state index < -0.39 is 6.10 Å². The van der Waals surface area contributed by atoms with Crippen molar-refractivity contribution in [2.75, 3.05) is 18.2 Å². The van der Waals surface area contributed by atoms with Crippen LogP contribution in [0.1, 0.15) is 24.5 Å². The number of hydrogen-bond acceptors (Lipinski definition) is 8. The Bertz CT molecular complexity index is 779. The molecule has 2 aromatic rings. The second kappa shape index (κ2) is 9.54. The van der Waals surface area contributed by atoms with E-state index in [1.54, 1.807) is 0 Å². The normalized spacial score (nSPS) is 11.7. The van der Waals surface area contributed by atoms with Crippen LogP contribution in [0.2, 0.25) is 0 Å². The molecule has 1 atom stereocenters. The third kappa shape index (κ3) is 5.70. The fraction of sp³-hybridized carbons (Fsp3) is 0.412. The van der Waals surface area contributed by atoms with Gasteiger partial charge >= 0.3 is 5.97 Å². The summed E-state index contributed by atoms with van der Waals surface area (Å²) in [5.41, 5.74) is 2.12. The molecule has 7 nitrogen and oxygen atoms in total. The standard InChI is InChI=1S/C17H21N3O4S2/c1-5-12(24-13-7-6-10(2)8-11(13)3)15(22)18-16-19-20-17(26-16)25-9-14(21)23-4/h6-8,12H,5,9H2,1-4H3,(H,18,19,22). The fourth-order valence-electron chi connectivity index (χ4n) is 2.09. The zero-order chi connectivity index (χ0) is 19.1. The maximum absolute atomic E-state index is 12.5. The quantitative estimate of drug-likeness (QED) is 0.417. The maximum Gasteiger partial charge on any atom is 0.316 e. The Morgan fingerprint density at radius 3 is 2.73 bits per heavy atom. The van der Waals surface area contributed by atoms with Gasteiger partial charge in [-0.15, -0.1) is 10.2 Å². The lowest BCUT2D eigenvalue weighted by molar-refractivity contribution is -0.137. The van der Waals surface area contributed by atoms with Crippen LogP contribution in [0.25, 0.3) is 0 Å². The van der Waals surface area contributed by atoms with Crippen molar-refractivity contribution in [3.63, 3.8) is 0 Å². The summed E-state index contributed by atoms with van der Waals surface area (Å²) in [5.74, 6) is 0.202. The first kappa shape index (κ1) is 20.2. The van der Waals surface area contributed by atoms with Gasteiger partial charge in [-0.3, -0.25) is 14.9 Å². The monoisotopic (exact) mass is 395 g/mol. The molecule has 140 valence electrons. The van der Waals surface area contributed by atoms with Crippen molar-refractivity contribution in [2.45, 2.75) is 37.6 Å². The first-order chi connectivity index (χ1) is 12.4. The molecule has 2 rings (SSSR count). The van der Waals surface area contributed by atoms with E-state index in [-0.39, 0.29) is 17.6 Å². The highest BCUT2D eigenvalue weighted by molar-refractivity contribution is 8.01. The number of carbonyl (C=O) groups is 2. The summed E-state index contributed by atoms with van der Waals surface area (Å²) < 4.78 is 11.0. The number of benzene rings is 1. The Morgan fingerprint density at radius 2 is 2.08 bits per heavy atom. The average Bonchev–Trinajstić information content (AvgIpc) is 3.06. The average molecular weight is 396 g/mol. The van der Waals surface area contributed by atoms with Crippen LogP contribution in [0, 0.1) is 13.8 Å². The molecule has 26 heavy (non-hydrogen) atoms. The van der Waals surface area contributed by atoms with Crippen LogP contribution in [0.15, 0.2) is 22.5 Å². The van der Waals surface area contributed by atoms with Gasteiger partial charge in [-0.1, -0.05) is 47.7 Å². The molecule has 1 aromatic carbocycles. The van der Waals surface area contributed by atoms with Crippen molar-refractivity contribution in [2.24, 2.45) is 0 Å². The minimum Gasteiger partial charge on any atom is -0.480 e. The summed E-state index contributed by atoms with van der Waals surface area (Å²) in [6.45, 7) is 5.83. The van der Waals surface area contributed by atoms with Crippen molar-refractivity contribution >= 4 is 40.1 Å². The molecule has 1 heterocycles. The number of anilines is 1. The third-order valence-electron chi connectivity index (χ3n) is 3.44. The molecule has 0 bridgehead atoms. The van der Waals surface area contributed by atoms with Crippen molar-refractivity contribution in [3.8, 4) is 5.75 Å². The van der Waals surface area contributed by atoms with Crippen LogP contribution in [0.5, 0.6) is 5.75 Å². The Hall–Kier alpha value is -2.13. The van der Waals surface area contributed by atoms with E-state index in [1.165, 1.54) is 30.2 Å². The second-order valence-corrected chi connectivity index (χ2v) is 7.71. The summed E-state index contributed by atoms with van der Waals surface area (Å²) in [5, 5.41) is 10.9. The number of carbonyl (C=O) groups excluding carboxylic acids is 2. The van der Waals surface area contributed by atoms with E-state index in [0.717, 1.165) is 11.1 Å². The molecule has 1 N–H and O–H groups in total. The van der Waals surface area contributed by atoms with Crippen LogP contribution >= 0.6 is 23.1 Å². The van der Waals surface area contributed by atoms with Crippen LogP contribution < -0.4 is 10.1 Å². The maximum atomic E-state index is 12.5. The van der Waals surface area contributed by atoms with Gasteiger partial charge in [0.05, 0.1) is 12.9 Å². The molecule has 0 fully saturated rings. The lowest BCUT2D eigenvalue weighted by Crippen LogP contribution is -2.32. The summed E-state index contributed by atoms with van der Waals surface area (Å²) in [4.78, 5) is 23.6. The first-order valence-electron chi connectivity index (χ1n) is 8.00. The largest absolute Gasteiger partial charge is 0.480 e. The highest BCUT2D eigenvalue weighted by Crippen LogP contribution is 2.26.